The summed E-state index contributed by atoms with van der Waals surface area (Å²) in [6.45, 7) is 3.48. The Hall–Kier alpha value is -1.53. The van der Waals surface area contributed by atoms with Gasteiger partial charge in [-0.05, 0) is 30.9 Å². The second-order valence-electron chi connectivity index (χ2n) is 6.84. The van der Waals surface area contributed by atoms with Crippen molar-refractivity contribution in [2.45, 2.75) is 38.2 Å². The Bertz CT molecular complexity index is 585. The first kappa shape index (κ1) is 17.3. The molecule has 0 bridgehead atoms. The van der Waals surface area contributed by atoms with Crippen molar-refractivity contribution < 1.29 is 18.3 Å². The molecule has 1 saturated heterocycles. The number of carbonyl (C=O) groups excluding carboxylic acids is 1. The van der Waals surface area contributed by atoms with E-state index in [1.54, 1.807) is 6.07 Å². The Kier molecular flexibility index (Phi) is 5.15. The van der Waals surface area contributed by atoms with Crippen LogP contribution in [0.4, 0.5) is 14.5 Å². The predicted molar refractivity (Wildman–Crippen MR) is 88.2 cm³/mol. The molecule has 1 unspecified atom stereocenters. The fourth-order valence-corrected chi connectivity index (χ4v) is 3.20. The number of rotatable bonds is 5. The molecule has 1 heterocycles. The minimum absolute atomic E-state index is 0.105. The van der Waals surface area contributed by atoms with Gasteiger partial charge in [-0.15, -0.1) is 0 Å². The number of carbonyl (C=O) groups is 1. The van der Waals surface area contributed by atoms with Gasteiger partial charge in [-0.1, -0.05) is 18.6 Å². The average molecular weight is 338 g/mol. The van der Waals surface area contributed by atoms with E-state index in [4.69, 9.17) is 4.74 Å². The lowest BCUT2D eigenvalue weighted by molar-refractivity contribution is -0.128. The lowest BCUT2D eigenvalue weighted by Crippen LogP contribution is -2.53. The van der Waals surface area contributed by atoms with E-state index in [9.17, 15) is 13.6 Å². The van der Waals surface area contributed by atoms with Crippen molar-refractivity contribution in [1.29, 1.82) is 0 Å². The van der Waals surface area contributed by atoms with E-state index in [1.807, 2.05) is 0 Å². The SMILES string of the molecule is CC(F)(F)c1cccc(NC(=O)C2COCCN2CC2CCC2)c1. The zero-order chi connectivity index (χ0) is 17.2. The minimum Gasteiger partial charge on any atom is -0.378 e. The Morgan fingerprint density at radius 2 is 2.21 bits per heavy atom. The predicted octanol–water partition coefficient (Wildman–Crippen LogP) is 3.24. The zero-order valence-corrected chi connectivity index (χ0v) is 13.9. The smallest absolute Gasteiger partial charge is 0.270 e. The van der Waals surface area contributed by atoms with Gasteiger partial charge in [-0.3, -0.25) is 9.69 Å². The third-order valence-electron chi connectivity index (χ3n) is 4.90. The molecular weight excluding hydrogens is 314 g/mol. The standard InChI is InChI=1S/C18H24F2N2O2/c1-18(19,20)14-6-3-7-15(10-14)21-17(23)16-12-24-9-8-22(16)11-13-4-2-5-13/h3,6-7,10,13,16H,2,4-5,8-9,11-12H2,1H3,(H,21,23). The van der Waals surface area contributed by atoms with Gasteiger partial charge >= 0.3 is 0 Å². The van der Waals surface area contributed by atoms with Crippen molar-refractivity contribution in [2.24, 2.45) is 5.92 Å². The highest BCUT2D eigenvalue weighted by Crippen LogP contribution is 2.30. The highest BCUT2D eigenvalue weighted by atomic mass is 19.3. The summed E-state index contributed by atoms with van der Waals surface area (Å²) in [5.41, 5.74) is 0.291. The van der Waals surface area contributed by atoms with Gasteiger partial charge in [0, 0.05) is 31.3 Å². The average Bonchev–Trinajstić information content (AvgIpc) is 2.51. The van der Waals surface area contributed by atoms with Gasteiger partial charge in [-0.2, -0.15) is 0 Å². The molecule has 132 valence electrons. The number of anilines is 1. The molecule has 3 rings (SSSR count). The van der Waals surface area contributed by atoms with Crippen LogP contribution in [0, 0.1) is 5.92 Å². The number of amides is 1. The first-order chi connectivity index (χ1) is 11.4. The van der Waals surface area contributed by atoms with Crippen molar-refractivity contribution in [2.75, 3.05) is 31.6 Å². The van der Waals surface area contributed by atoms with E-state index in [1.165, 1.54) is 37.5 Å². The molecule has 1 amide bonds. The summed E-state index contributed by atoms with van der Waals surface area (Å²) in [7, 11) is 0. The third-order valence-corrected chi connectivity index (χ3v) is 4.90. The summed E-state index contributed by atoms with van der Waals surface area (Å²) in [6, 6.07) is 5.50. The minimum atomic E-state index is -2.93. The number of halogens is 2. The topological polar surface area (TPSA) is 41.6 Å². The Balaban J connectivity index is 1.66. The molecule has 1 aromatic rings. The van der Waals surface area contributed by atoms with Crippen LogP contribution in [-0.4, -0.2) is 43.2 Å². The van der Waals surface area contributed by atoms with Gasteiger partial charge < -0.3 is 10.1 Å². The Morgan fingerprint density at radius 1 is 1.42 bits per heavy atom. The summed E-state index contributed by atoms with van der Waals surface area (Å²) in [6.07, 6.45) is 3.71. The molecule has 1 aliphatic heterocycles. The van der Waals surface area contributed by atoms with Crippen LogP contribution in [0.1, 0.15) is 31.7 Å². The number of hydrogen-bond donors (Lipinski definition) is 1. The van der Waals surface area contributed by atoms with Crippen molar-refractivity contribution in [3.05, 3.63) is 29.8 Å². The Morgan fingerprint density at radius 3 is 2.88 bits per heavy atom. The third kappa shape index (κ3) is 4.11. The molecule has 2 fully saturated rings. The maximum absolute atomic E-state index is 13.4. The maximum Gasteiger partial charge on any atom is 0.270 e. The number of nitrogens with zero attached hydrogens (tertiary/aromatic N) is 1. The van der Waals surface area contributed by atoms with Gasteiger partial charge in [0.05, 0.1) is 13.2 Å². The summed E-state index contributed by atoms with van der Waals surface area (Å²) >= 11 is 0. The zero-order valence-electron chi connectivity index (χ0n) is 13.9. The molecular formula is C18H24F2N2O2. The molecule has 1 N–H and O–H groups in total. The summed E-state index contributed by atoms with van der Waals surface area (Å²) < 4.78 is 32.3. The molecule has 1 aromatic carbocycles. The molecule has 2 aliphatic rings. The number of hydrogen-bond acceptors (Lipinski definition) is 3. The van der Waals surface area contributed by atoms with E-state index in [0.29, 0.717) is 24.8 Å². The fourth-order valence-electron chi connectivity index (χ4n) is 3.20. The largest absolute Gasteiger partial charge is 0.378 e. The van der Waals surface area contributed by atoms with Crippen LogP contribution in [0.2, 0.25) is 0 Å². The van der Waals surface area contributed by atoms with Gasteiger partial charge in [-0.25, -0.2) is 8.78 Å². The van der Waals surface area contributed by atoms with E-state index in [0.717, 1.165) is 20.0 Å². The van der Waals surface area contributed by atoms with Crippen LogP contribution in [0.5, 0.6) is 0 Å². The quantitative estimate of drug-likeness (QED) is 0.896. The van der Waals surface area contributed by atoms with E-state index < -0.39 is 5.92 Å². The molecule has 4 nitrogen and oxygen atoms in total. The monoisotopic (exact) mass is 338 g/mol. The van der Waals surface area contributed by atoms with Crippen molar-refractivity contribution >= 4 is 11.6 Å². The molecule has 1 atom stereocenters. The van der Waals surface area contributed by atoms with Gasteiger partial charge in [0.1, 0.15) is 6.04 Å². The van der Waals surface area contributed by atoms with E-state index >= 15 is 0 Å². The number of alkyl halides is 2. The summed E-state index contributed by atoms with van der Waals surface area (Å²) in [5, 5.41) is 2.77. The van der Waals surface area contributed by atoms with Crippen LogP contribution >= 0.6 is 0 Å². The van der Waals surface area contributed by atoms with Crippen LogP contribution in [0.3, 0.4) is 0 Å². The van der Waals surface area contributed by atoms with E-state index in [2.05, 4.69) is 10.2 Å². The molecule has 0 radical (unpaired) electrons. The second kappa shape index (κ2) is 7.15. The molecule has 1 saturated carbocycles. The molecule has 0 aromatic heterocycles. The summed E-state index contributed by atoms with van der Waals surface area (Å²) in [5.74, 6) is -2.45. The van der Waals surface area contributed by atoms with Crippen LogP contribution in [0.15, 0.2) is 24.3 Å². The summed E-state index contributed by atoms with van der Waals surface area (Å²) in [4.78, 5) is 14.8. The molecule has 24 heavy (non-hydrogen) atoms. The van der Waals surface area contributed by atoms with Gasteiger partial charge in [0.25, 0.3) is 5.92 Å². The van der Waals surface area contributed by atoms with Crippen molar-refractivity contribution in [3.8, 4) is 0 Å². The highest BCUT2D eigenvalue weighted by Gasteiger charge is 2.32. The lowest BCUT2D eigenvalue weighted by Gasteiger charge is -2.39. The van der Waals surface area contributed by atoms with Crippen LogP contribution in [-0.2, 0) is 15.5 Å². The van der Waals surface area contributed by atoms with Gasteiger partial charge in [0.2, 0.25) is 5.91 Å². The van der Waals surface area contributed by atoms with Crippen LogP contribution in [0.25, 0.3) is 0 Å². The highest BCUT2D eigenvalue weighted by molar-refractivity contribution is 5.95. The van der Waals surface area contributed by atoms with Crippen LogP contribution < -0.4 is 5.32 Å². The molecule has 0 spiro atoms. The lowest BCUT2D eigenvalue weighted by atomic mass is 9.84. The number of morpholine rings is 1. The van der Waals surface area contributed by atoms with Crippen molar-refractivity contribution in [1.82, 2.24) is 4.90 Å². The number of ether oxygens (including phenoxy) is 1. The molecule has 1 aliphatic carbocycles. The first-order valence-electron chi connectivity index (χ1n) is 8.54. The number of nitrogens with one attached hydrogen (secondary N) is 1. The van der Waals surface area contributed by atoms with Crippen molar-refractivity contribution in [3.63, 3.8) is 0 Å². The number of benzene rings is 1. The second-order valence-corrected chi connectivity index (χ2v) is 6.84. The molecule has 6 heteroatoms. The van der Waals surface area contributed by atoms with E-state index in [-0.39, 0.29) is 17.5 Å². The fraction of sp³-hybridized carbons (Fsp3) is 0.611. The normalized spacial score (nSPS) is 22.9. The maximum atomic E-state index is 13.4. The first-order valence-corrected chi connectivity index (χ1v) is 8.54. The van der Waals surface area contributed by atoms with Gasteiger partial charge in [0.15, 0.2) is 0 Å². The Labute approximate surface area is 141 Å².